The predicted octanol–water partition coefficient (Wildman–Crippen LogP) is 3.27. The van der Waals surface area contributed by atoms with Crippen molar-refractivity contribution in [1.29, 1.82) is 0 Å². The van der Waals surface area contributed by atoms with E-state index in [1.54, 1.807) is 35.6 Å². The first-order valence-electron chi connectivity index (χ1n) is 7.49. The number of anilines is 1. The number of hydrazine groups is 1. The first-order chi connectivity index (χ1) is 11.2. The van der Waals surface area contributed by atoms with Gasteiger partial charge in [-0.15, -0.1) is 11.3 Å². The van der Waals surface area contributed by atoms with E-state index in [4.69, 9.17) is 17.4 Å². The summed E-state index contributed by atoms with van der Waals surface area (Å²) in [5, 5.41) is 1.35. The van der Waals surface area contributed by atoms with Crippen LogP contribution in [0.5, 0.6) is 0 Å². The molecule has 118 valence electrons. The molecule has 1 aliphatic carbocycles. The number of nitrogens with zero attached hydrogens (tertiary/aromatic N) is 2. The zero-order chi connectivity index (χ0) is 16.0. The molecule has 5 nitrogen and oxygen atoms in total. The van der Waals surface area contributed by atoms with Crippen molar-refractivity contribution in [2.24, 2.45) is 5.84 Å². The van der Waals surface area contributed by atoms with Gasteiger partial charge < -0.3 is 0 Å². The smallest absolute Gasteiger partial charge is 0.268 e. The van der Waals surface area contributed by atoms with Crippen LogP contribution in [0.4, 0.5) is 5.95 Å². The number of fused-ring (bicyclic) bond motifs is 3. The topological polar surface area (TPSA) is 72.9 Å². The minimum Gasteiger partial charge on any atom is -0.293 e. The lowest BCUT2D eigenvalue weighted by molar-refractivity contribution is 0.699. The lowest BCUT2D eigenvalue weighted by atomic mass is 9.97. The largest absolute Gasteiger partial charge is 0.293 e. The zero-order valence-electron chi connectivity index (χ0n) is 12.3. The Kier molecular flexibility index (Phi) is 3.60. The van der Waals surface area contributed by atoms with E-state index in [0.29, 0.717) is 16.7 Å². The van der Waals surface area contributed by atoms with Crippen molar-refractivity contribution in [1.82, 2.24) is 9.55 Å². The van der Waals surface area contributed by atoms with E-state index >= 15 is 0 Å². The number of hydrogen-bond acceptors (Lipinski definition) is 5. The summed E-state index contributed by atoms with van der Waals surface area (Å²) in [4.78, 5) is 19.7. The van der Waals surface area contributed by atoms with Gasteiger partial charge in [0.2, 0.25) is 5.95 Å². The van der Waals surface area contributed by atoms with Crippen molar-refractivity contribution < 1.29 is 0 Å². The van der Waals surface area contributed by atoms with Crippen LogP contribution in [0.2, 0.25) is 5.02 Å². The van der Waals surface area contributed by atoms with E-state index < -0.39 is 0 Å². The van der Waals surface area contributed by atoms with Gasteiger partial charge in [0.05, 0.1) is 11.1 Å². The number of nitrogens with one attached hydrogen (secondary N) is 1. The van der Waals surface area contributed by atoms with Crippen LogP contribution < -0.4 is 16.8 Å². The molecule has 1 aromatic carbocycles. The maximum Gasteiger partial charge on any atom is 0.268 e. The highest BCUT2D eigenvalue weighted by molar-refractivity contribution is 7.18. The predicted molar refractivity (Wildman–Crippen MR) is 94.7 cm³/mol. The van der Waals surface area contributed by atoms with Crippen molar-refractivity contribution in [2.75, 3.05) is 5.43 Å². The summed E-state index contributed by atoms with van der Waals surface area (Å²) >= 11 is 7.55. The molecule has 0 saturated carbocycles. The fraction of sp³-hybridized carbons (Fsp3) is 0.250. The van der Waals surface area contributed by atoms with Gasteiger partial charge in [-0.2, -0.15) is 0 Å². The average molecular weight is 347 g/mol. The van der Waals surface area contributed by atoms with Crippen LogP contribution in [0.15, 0.2) is 29.1 Å². The lowest BCUT2D eigenvalue weighted by Gasteiger charge is -2.13. The van der Waals surface area contributed by atoms with Gasteiger partial charge >= 0.3 is 0 Å². The van der Waals surface area contributed by atoms with E-state index in [1.807, 2.05) is 0 Å². The number of aromatic nitrogens is 2. The number of hydrogen-bond donors (Lipinski definition) is 2. The van der Waals surface area contributed by atoms with Crippen LogP contribution in [0.1, 0.15) is 23.3 Å². The van der Waals surface area contributed by atoms with Gasteiger partial charge in [-0.05, 0) is 55.5 Å². The quantitative estimate of drug-likeness (QED) is 0.551. The Morgan fingerprint density at radius 1 is 1.22 bits per heavy atom. The number of nitrogen functional groups attached to an aromatic ring is 1. The summed E-state index contributed by atoms with van der Waals surface area (Å²) in [7, 11) is 0. The molecule has 2 heterocycles. The summed E-state index contributed by atoms with van der Waals surface area (Å²) in [6.45, 7) is 0. The van der Waals surface area contributed by atoms with Crippen molar-refractivity contribution in [2.45, 2.75) is 25.7 Å². The van der Waals surface area contributed by atoms with E-state index in [1.165, 1.54) is 21.4 Å². The molecule has 0 radical (unpaired) electrons. The minimum absolute atomic E-state index is 0.0790. The average Bonchev–Trinajstić information content (AvgIpc) is 2.94. The van der Waals surface area contributed by atoms with Crippen molar-refractivity contribution in [3.05, 3.63) is 50.1 Å². The number of halogens is 1. The number of aryl methyl sites for hydroxylation is 2. The lowest BCUT2D eigenvalue weighted by Crippen LogP contribution is -2.26. The fourth-order valence-electron chi connectivity index (χ4n) is 3.13. The maximum atomic E-state index is 13.1. The number of nitrogens with two attached hydrogens (primary N) is 1. The molecule has 0 saturated heterocycles. The molecule has 0 amide bonds. The van der Waals surface area contributed by atoms with Crippen LogP contribution in [0.3, 0.4) is 0 Å². The highest BCUT2D eigenvalue weighted by Crippen LogP contribution is 2.34. The number of benzene rings is 1. The summed E-state index contributed by atoms with van der Waals surface area (Å²) in [5.41, 5.74) is 4.33. The summed E-state index contributed by atoms with van der Waals surface area (Å²) < 4.78 is 1.51. The van der Waals surface area contributed by atoms with Gasteiger partial charge in [0.25, 0.3) is 5.56 Å². The maximum absolute atomic E-state index is 13.1. The third kappa shape index (κ3) is 2.34. The highest BCUT2D eigenvalue weighted by Gasteiger charge is 2.22. The molecule has 0 atom stereocenters. The Balaban J connectivity index is 2.04. The second kappa shape index (κ2) is 5.63. The van der Waals surface area contributed by atoms with Crippen molar-refractivity contribution >= 4 is 39.1 Å². The third-order valence-corrected chi connectivity index (χ3v) is 5.64. The van der Waals surface area contributed by atoms with E-state index in [2.05, 4.69) is 10.4 Å². The standard InChI is InChI=1S/C16H15ClN4OS/c17-9-5-7-10(8-6-9)21-15(22)13-11-3-1-2-4-12(11)23-14(13)19-16(21)20-18/h5-8H,1-4,18H2,(H,19,20). The molecule has 0 fully saturated rings. The van der Waals surface area contributed by atoms with Gasteiger partial charge in [0, 0.05) is 9.90 Å². The molecule has 7 heteroatoms. The molecule has 23 heavy (non-hydrogen) atoms. The Morgan fingerprint density at radius 2 is 1.96 bits per heavy atom. The van der Waals surface area contributed by atoms with Crippen molar-refractivity contribution in [3.8, 4) is 5.69 Å². The molecule has 0 unspecified atom stereocenters. The van der Waals surface area contributed by atoms with Gasteiger partial charge in [-0.1, -0.05) is 11.6 Å². The van der Waals surface area contributed by atoms with E-state index in [0.717, 1.165) is 29.5 Å². The molecule has 0 bridgehead atoms. The summed E-state index contributed by atoms with van der Waals surface area (Å²) in [5.74, 6) is 5.94. The molecule has 3 N–H and O–H groups in total. The second-order valence-electron chi connectivity index (χ2n) is 5.59. The highest BCUT2D eigenvalue weighted by atomic mass is 35.5. The second-order valence-corrected chi connectivity index (χ2v) is 7.11. The van der Waals surface area contributed by atoms with E-state index in [9.17, 15) is 4.79 Å². The Labute approximate surface area is 141 Å². The molecule has 1 aliphatic rings. The molecular formula is C16H15ClN4OS. The van der Waals surface area contributed by atoms with Crippen LogP contribution in [-0.2, 0) is 12.8 Å². The first-order valence-corrected chi connectivity index (χ1v) is 8.68. The van der Waals surface area contributed by atoms with E-state index in [-0.39, 0.29) is 5.56 Å². The van der Waals surface area contributed by atoms with Crippen LogP contribution in [0.25, 0.3) is 15.9 Å². The van der Waals surface area contributed by atoms with Crippen molar-refractivity contribution in [3.63, 3.8) is 0 Å². The number of rotatable bonds is 2. The molecule has 2 aromatic heterocycles. The SMILES string of the molecule is NNc1nc2sc3c(c2c(=O)n1-c1ccc(Cl)cc1)CCCC3. The normalized spacial score (nSPS) is 14.0. The number of thiophene rings is 1. The fourth-order valence-corrected chi connectivity index (χ4v) is 4.51. The minimum atomic E-state index is -0.0790. The molecule has 4 rings (SSSR count). The summed E-state index contributed by atoms with van der Waals surface area (Å²) in [6.07, 6.45) is 4.27. The zero-order valence-corrected chi connectivity index (χ0v) is 13.9. The van der Waals surface area contributed by atoms with Gasteiger partial charge in [-0.3, -0.25) is 10.2 Å². The molecular weight excluding hydrogens is 332 g/mol. The third-order valence-electron chi connectivity index (χ3n) is 4.20. The van der Waals surface area contributed by atoms with Crippen LogP contribution >= 0.6 is 22.9 Å². The Hall–Kier alpha value is -1.89. The molecule has 0 aliphatic heterocycles. The van der Waals surface area contributed by atoms with Gasteiger partial charge in [0.15, 0.2) is 0 Å². The Bertz CT molecular complexity index is 945. The van der Waals surface area contributed by atoms with Gasteiger partial charge in [-0.25, -0.2) is 15.4 Å². The Morgan fingerprint density at radius 3 is 2.70 bits per heavy atom. The molecule has 3 aromatic rings. The first kappa shape index (κ1) is 14.7. The van der Waals surface area contributed by atoms with Crippen LogP contribution in [0, 0.1) is 0 Å². The monoisotopic (exact) mass is 346 g/mol. The van der Waals surface area contributed by atoms with Gasteiger partial charge in [0.1, 0.15) is 4.83 Å². The summed E-state index contributed by atoms with van der Waals surface area (Å²) in [6, 6.07) is 7.07. The molecule has 0 spiro atoms. The van der Waals surface area contributed by atoms with Crippen LogP contribution in [-0.4, -0.2) is 9.55 Å².